The van der Waals surface area contributed by atoms with E-state index in [0.29, 0.717) is 15.6 Å². The lowest BCUT2D eigenvalue weighted by atomic mass is 10.1. The Hall–Kier alpha value is -3.06. The van der Waals surface area contributed by atoms with E-state index in [1.165, 1.54) is 30.3 Å². The quantitative estimate of drug-likeness (QED) is 0.165. The summed E-state index contributed by atoms with van der Waals surface area (Å²) in [6.07, 6.45) is 0. The van der Waals surface area contributed by atoms with Gasteiger partial charge in [-0.25, -0.2) is 4.39 Å². The molecule has 206 valence electrons. The Bertz CT molecular complexity index is 1560. The molecule has 1 aliphatic rings. The Kier molecular flexibility index (Phi) is 8.83. The van der Waals surface area contributed by atoms with Crippen LogP contribution in [0.2, 0.25) is 15.1 Å². The maximum absolute atomic E-state index is 13.7. The number of hydrogen-bond donors (Lipinski definition) is 1. The third kappa shape index (κ3) is 6.30. The molecule has 0 aliphatic heterocycles. The van der Waals surface area contributed by atoms with E-state index in [-0.39, 0.29) is 27.5 Å². The highest BCUT2D eigenvalue weighted by molar-refractivity contribution is 6.53. The second-order valence-electron chi connectivity index (χ2n) is 8.79. The molecule has 0 aromatic heterocycles. The van der Waals surface area contributed by atoms with Crippen LogP contribution < -0.4 is 10.2 Å². The number of nitrogens with zero attached hydrogens (tertiary/aromatic N) is 2. The van der Waals surface area contributed by atoms with E-state index >= 15 is 0 Å². The highest BCUT2D eigenvalue weighted by Gasteiger charge is 2.67. The van der Waals surface area contributed by atoms with Gasteiger partial charge < -0.3 is 10.1 Å². The Morgan fingerprint density at radius 3 is 2.35 bits per heavy atom. The Morgan fingerprint density at radius 1 is 1.05 bits per heavy atom. The van der Waals surface area contributed by atoms with Gasteiger partial charge in [0.15, 0.2) is 6.73 Å². The standard InChI is InChI=1S/C27H17Cl5FN3O4/c1-13(37)40-12-36(22-5-2-18(33)8-15(22)11-34)26(39)20-10-19(3-4-21(20)30)35-25(38)24-23(27(24,31)32)14-6-16(28)9-17(29)7-14/h2-10,23-24H,12H2,1H3,(H,35,38)/t23-,24+/m0/s1. The monoisotopic (exact) mass is 641 g/mol. The van der Waals surface area contributed by atoms with E-state index in [2.05, 4.69) is 5.32 Å². The van der Waals surface area contributed by atoms with Gasteiger partial charge in [0.05, 0.1) is 27.8 Å². The van der Waals surface area contributed by atoms with Crippen LogP contribution in [-0.4, -0.2) is 28.8 Å². The lowest BCUT2D eigenvalue weighted by Gasteiger charge is -2.24. The van der Waals surface area contributed by atoms with Crippen molar-refractivity contribution in [3.8, 4) is 6.07 Å². The fraction of sp³-hybridized carbons (Fsp3) is 0.185. The maximum Gasteiger partial charge on any atom is 0.304 e. The Labute approximate surface area is 253 Å². The van der Waals surface area contributed by atoms with E-state index in [1.54, 1.807) is 12.1 Å². The van der Waals surface area contributed by atoms with Crippen molar-refractivity contribution in [1.82, 2.24) is 0 Å². The SMILES string of the molecule is CC(=O)OCN(C(=O)c1cc(NC(=O)[C@H]2[C@H](c3cc(Cl)cc(Cl)c3)C2(Cl)Cl)ccc1Cl)c1ccc(F)cc1C#N. The van der Waals surface area contributed by atoms with Crippen LogP contribution in [0.5, 0.6) is 0 Å². The fourth-order valence-electron chi connectivity index (χ4n) is 4.18. The van der Waals surface area contributed by atoms with Gasteiger partial charge in [0, 0.05) is 28.6 Å². The molecule has 1 aliphatic carbocycles. The van der Waals surface area contributed by atoms with Crippen molar-refractivity contribution >= 4 is 87.2 Å². The molecule has 0 unspecified atom stereocenters. The highest BCUT2D eigenvalue weighted by Crippen LogP contribution is 2.65. The molecule has 0 bridgehead atoms. The van der Waals surface area contributed by atoms with Crippen LogP contribution in [0.3, 0.4) is 0 Å². The summed E-state index contributed by atoms with van der Waals surface area (Å²) >= 11 is 31.4. The van der Waals surface area contributed by atoms with Crippen LogP contribution in [0, 0.1) is 23.1 Å². The number of ether oxygens (including phenoxy) is 1. The molecule has 1 N–H and O–H groups in total. The number of carbonyl (C=O) groups is 3. The Morgan fingerprint density at radius 2 is 1.73 bits per heavy atom. The third-order valence-corrected chi connectivity index (χ3v) is 7.76. The molecular formula is C27H17Cl5FN3O4. The minimum Gasteiger partial charge on any atom is -0.444 e. The molecule has 13 heteroatoms. The number of rotatable bonds is 7. The number of esters is 1. The summed E-state index contributed by atoms with van der Waals surface area (Å²) in [4.78, 5) is 39.2. The first-order chi connectivity index (χ1) is 18.8. The normalized spacial score (nSPS) is 16.9. The van der Waals surface area contributed by atoms with E-state index in [4.69, 9.17) is 62.7 Å². The summed E-state index contributed by atoms with van der Waals surface area (Å²) in [6, 6.07) is 13.9. The summed E-state index contributed by atoms with van der Waals surface area (Å²) in [5, 5.41) is 12.9. The Balaban J connectivity index is 1.62. The van der Waals surface area contributed by atoms with Gasteiger partial charge in [0.1, 0.15) is 16.2 Å². The molecule has 7 nitrogen and oxygen atoms in total. The summed E-state index contributed by atoms with van der Waals surface area (Å²) in [7, 11) is 0. The number of alkyl halides is 2. The molecule has 1 fully saturated rings. The molecular weight excluding hydrogens is 627 g/mol. The zero-order valence-electron chi connectivity index (χ0n) is 20.4. The molecule has 4 rings (SSSR count). The molecule has 0 radical (unpaired) electrons. The van der Waals surface area contributed by atoms with E-state index in [1.807, 2.05) is 6.07 Å². The van der Waals surface area contributed by atoms with Crippen molar-refractivity contribution in [1.29, 1.82) is 5.26 Å². The van der Waals surface area contributed by atoms with Crippen LogP contribution in [0.4, 0.5) is 15.8 Å². The summed E-state index contributed by atoms with van der Waals surface area (Å²) < 4.78 is 17.3. The zero-order valence-corrected chi connectivity index (χ0v) is 24.1. The molecule has 3 aromatic carbocycles. The van der Waals surface area contributed by atoms with Gasteiger partial charge in [0.25, 0.3) is 5.91 Å². The van der Waals surface area contributed by atoms with E-state index in [0.717, 1.165) is 24.0 Å². The molecule has 40 heavy (non-hydrogen) atoms. The number of benzene rings is 3. The smallest absolute Gasteiger partial charge is 0.304 e. The van der Waals surface area contributed by atoms with Crippen molar-refractivity contribution in [2.75, 3.05) is 16.9 Å². The summed E-state index contributed by atoms with van der Waals surface area (Å²) in [6.45, 7) is 0.548. The molecule has 3 aromatic rings. The van der Waals surface area contributed by atoms with Crippen LogP contribution in [-0.2, 0) is 14.3 Å². The first kappa shape index (κ1) is 29.9. The second kappa shape index (κ2) is 11.8. The molecule has 0 spiro atoms. The molecule has 2 amide bonds. The topological polar surface area (TPSA) is 99.5 Å². The zero-order chi connectivity index (χ0) is 29.4. The second-order valence-corrected chi connectivity index (χ2v) is 11.5. The van der Waals surface area contributed by atoms with Gasteiger partial charge in [-0.15, -0.1) is 23.2 Å². The third-order valence-electron chi connectivity index (χ3n) is 6.06. The number of nitrogens with one attached hydrogen (secondary N) is 1. The van der Waals surface area contributed by atoms with Gasteiger partial charge in [0.2, 0.25) is 5.91 Å². The van der Waals surface area contributed by atoms with Crippen molar-refractivity contribution in [3.63, 3.8) is 0 Å². The number of amides is 2. The molecule has 1 saturated carbocycles. The molecule has 0 heterocycles. The van der Waals surface area contributed by atoms with E-state index < -0.39 is 46.5 Å². The predicted octanol–water partition coefficient (Wildman–Crippen LogP) is 7.35. The first-order valence-corrected chi connectivity index (χ1v) is 13.3. The highest BCUT2D eigenvalue weighted by atomic mass is 35.5. The average molecular weight is 644 g/mol. The van der Waals surface area contributed by atoms with E-state index in [9.17, 15) is 24.0 Å². The summed E-state index contributed by atoms with van der Waals surface area (Å²) in [5.74, 6) is -4.17. The number of nitriles is 1. The van der Waals surface area contributed by atoms with Gasteiger partial charge in [-0.2, -0.15) is 5.26 Å². The summed E-state index contributed by atoms with van der Waals surface area (Å²) in [5.41, 5.74) is 0.474. The number of carbonyl (C=O) groups excluding carboxylic acids is 3. The van der Waals surface area contributed by atoms with Gasteiger partial charge >= 0.3 is 5.97 Å². The van der Waals surface area contributed by atoms with Gasteiger partial charge in [-0.05, 0) is 60.2 Å². The minimum absolute atomic E-state index is 0.00153. The molecule has 2 atom stereocenters. The van der Waals surface area contributed by atoms with Crippen molar-refractivity contribution in [3.05, 3.63) is 92.2 Å². The lowest BCUT2D eigenvalue weighted by molar-refractivity contribution is -0.140. The maximum atomic E-state index is 13.7. The van der Waals surface area contributed by atoms with Crippen molar-refractivity contribution < 1.29 is 23.5 Å². The van der Waals surface area contributed by atoms with Crippen molar-refractivity contribution in [2.45, 2.75) is 17.2 Å². The van der Waals surface area contributed by atoms with Crippen molar-refractivity contribution in [2.24, 2.45) is 5.92 Å². The number of anilines is 2. The van der Waals surface area contributed by atoms with Gasteiger partial charge in [-0.1, -0.05) is 34.8 Å². The minimum atomic E-state index is -1.43. The average Bonchev–Trinajstić information content (AvgIpc) is 3.47. The van der Waals surface area contributed by atoms with Crippen LogP contribution in [0.25, 0.3) is 0 Å². The fourth-order valence-corrected chi connectivity index (χ4v) is 5.75. The van der Waals surface area contributed by atoms with Crippen LogP contribution >= 0.6 is 58.0 Å². The largest absolute Gasteiger partial charge is 0.444 e. The van der Waals surface area contributed by atoms with Gasteiger partial charge in [-0.3, -0.25) is 19.3 Å². The molecule has 0 saturated heterocycles. The predicted molar refractivity (Wildman–Crippen MR) is 152 cm³/mol. The number of hydrogen-bond acceptors (Lipinski definition) is 5. The first-order valence-electron chi connectivity index (χ1n) is 11.4. The lowest BCUT2D eigenvalue weighted by Crippen LogP contribution is -2.35. The number of halogens is 6. The van der Waals surface area contributed by atoms with Crippen LogP contribution in [0.15, 0.2) is 54.6 Å². The van der Waals surface area contributed by atoms with Crippen LogP contribution in [0.1, 0.15) is 34.3 Å².